The normalized spacial score (nSPS) is 15.6. The van der Waals surface area contributed by atoms with Crippen molar-refractivity contribution >= 4 is 68.4 Å². The summed E-state index contributed by atoms with van der Waals surface area (Å²) in [7, 11) is -3.97. The average molecular weight is 534 g/mol. The first kappa shape index (κ1) is 25.0. The highest BCUT2D eigenvalue weighted by Gasteiger charge is 2.34. The van der Waals surface area contributed by atoms with Gasteiger partial charge in [-0.2, -0.15) is 5.26 Å². The predicted molar refractivity (Wildman–Crippen MR) is 141 cm³/mol. The van der Waals surface area contributed by atoms with Gasteiger partial charge in [0.25, 0.3) is 11.8 Å². The van der Waals surface area contributed by atoms with E-state index in [0.717, 1.165) is 0 Å². The maximum absolute atomic E-state index is 13.1. The van der Waals surface area contributed by atoms with Gasteiger partial charge in [0.05, 0.1) is 10.6 Å². The van der Waals surface area contributed by atoms with Crippen molar-refractivity contribution < 1.29 is 18.0 Å². The van der Waals surface area contributed by atoms with Crippen LogP contribution in [0.2, 0.25) is 5.02 Å². The number of nitrogens with one attached hydrogen (secondary N) is 1. The Morgan fingerprint density at radius 3 is 2.17 bits per heavy atom. The smallest absolute Gasteiger partial charge is 0.270 e. The molecule has 3 aromatic carbocycles. The van der Waals surface area contributed by atoms with E-state index in [2.05, 4.69) is 5.32 Å². The summed E-state index contributed by atoms with van der Waals surface area (Å²) >= 11 is 11.1. The molecule has 1 saturated heterocycles. The van der Waals surface area contributed by atoms with E-state index in [1.807, 2.05) is 0 Å². The van der Waals surface area contributed by atoms with Gasteiger partial charge < -0.3 is 0 Å². The molecule has 1 heterocycles. The summed E-state index contributed by atoms with van der Waals surface area (Å²) in [4.78, 5) is 26.4. The second kappa shape index (κ2) is 10.3. The van der Waals surface area contributed by atoms with Crippen LogP contribution in [0.3, 0.4) is 0 Å². The Balaban J connectivity index is 1.62. The van der Waals surface area contributed by atoms with E-state index in [-0.39, 0.29) is 15.6 Å². The first-order valence-corrected chi connectivity index (χ1v) is 12.7. The summed E-state index contributed by atoms with van der Waals surface area (Å²) in [5.41, 5.74) is 1.28. The standard InChI is InChI=1S/C26H16ClN3O4S2/c27-19-10-12-20(13-11-19)30-25(32)23(24(31)29-26(30)35)15-18-8-6-17(7-9-18)14-22(16-28)36(33,34)21-4-2-1-3-5-21/h1-15H,(H,29,31,35). The van der Waals surface area contributed by atoms with Crippen molar-refractivity contribution in [3.8, 4) is 6.07 Å². The van der Waals surface area contributed by atoms with E-state index in [1.165, 1.54) is 29.2 Å². The Morgan fingerprint density at radius 1 is 0.944 bits per heavy atom. The molecule has 0 aliphatic carbocycles. The van der Waals surface area contributed by atoms with Crippen LogP contribution in [0, 0.1) is 11.3 Å². The molecule has 0 aromatic heterocycles. The van der Waals surface area contributed by atoms with Crippen molar-refractivity contribution in [2.24, 2.45) is 0 Å². The molecule has 3 aromatic rings. The number of anilines is 1. The number of carbonyl (C=O) groups excluding carboxylic acids is 2. The number of carbonyl (C=O) groups is 2. The van der Waals surface area contributed by atoms with Crippen molar-refractivity contribution in [3.63, 3.8) is 0 Å². The van der Waals surface area contributed by atoms with Crippen LogP contribution in [0.5, 0.6) is 0 Å². The molecule has 0 unspecified atom stereocenters. The van der Waals surface area contributed by atoms with Crippen molar-refractivity contribution in [2.75, 3.05) is 4.90 Å². The number of hydrogen-bond donors (Lipinski definition) is 1. The maximum atomic E-state index is 13.1. The van der Waals surface area contributed by atoms with Gasteiger partial charge in [0.2, 0.25) is 9.84 Å². The van der Waals surface area contributed by atoms with E-state index in [0.29, 0.717) is 21.8 Å². The van der Waals surface area contributed by atoms with Crippen LogP contribution in [-0.4, -0.2) is 25.3 Å². The van der Waals surface area contributed by atoms with Crippen LogP contribution in [0.1, 0.15) is 11.1 Å². The minimum absolute atomic E-state index is 0.0177. The Hall–Kier alpha value is -4.10. The zero-order valence-electron chi connectivity index (χ0n) is 18.4. The second-order valence-corrected chi connectivity index (χ2v) is 10.3. The number of hydrogen-bond acceptors (Lipinski definition) is 6. The summed E-state index contributed by atoms with van der Waals surface area (Å²) in [6, 6.07) is 22.2. The summed E-state index contributed by atoms with van der Waals surface area (Å²) in [6.45, 7) is 0. The molecule has 1 fully saturated rings. The molecule has 0 bridgehead atoms. The predicted octanol–water partition coefficient (Wildman–Crippen LogP) is 4.51. The number of thiocarbonyl (C=S) groups is 1. The molecule has 2 amide bonds. The summed E-state index contributed by atoms with van der Waals surface area (Å²) in [5, 5.41) is 12.4. The molecule has 0 saturated carbocycles. The van der Waals surface area contributed by atoms with E-state index < -0.39 is 26.6 Å². The van der Waals surface area contributed by atoms with Crippen molar-refractivity contribution in [3.05, 3.63) is 105 Å². The first-order chi connectivity index (χ1) is 17.2. The Morgan fingerprint density at radius 2 is 1.56 bits per heavy atom. The van der Waals surface area contributed by atoms with Crippen molar-refractivity contribution in [2.45, 2.75) is 4.90 Å². The SMILES string of the molecule is N#CC(=Cc1ccc(C=C2C(=O)NC(=S)N(c3ccc(Cl)cc3)C2=O)cc1)S(=O)(=O)c1ccccc1. The fraction of sp³-hybridized carbons (Fsp3) is 0. The lowest BCUT2D eigenvalue weighted by Crippen LogP contribution is -2.54. The zero-order valence-corrected chi connectivity index (χ0v) is 20.8. The van der Waals surface area contributed by atoms with E-state index in [9.17, 15) is 23.3 Å². The molecule has 0 radical (unpaired) electrons. The van der Waals surface area contributed by atoms with Gasteiger partial charge in [0, 0.05) is 5.02 Å². The molecule has 1 N–H and O–H groups in total. The largest absolute Gasteiger partial charge is 0.298 e. The Kier molecular flexibility index (Phi) is 7.12. The molecule has 0 spiro atoms. The molecule has 4 rings (SSSR count). The van der Waals surface area contributed by atoms with Gasteiger partial charge in [0.1, 0.15) is 16.5 Å². The molecule has 10 heteroatoms. The van der Waals surface area contributed by atoms with Gasteiger partial charge >= 0.3 is 0 Å². The van der Waals surface area contributed by atoms with Gasteiger partial charge in [0.15, 0.2) is 5.11 Å². The monoisotopic (exact) mass is 533 g/mol. The molecule has 1 aliphatic rings. The summed E-state index contributed by atoms with van der Waals surface area (Å²) < 4.78 is 25.5. The number of nitriles is 1. The lowest BCUT2D eigenvalue weighted by Gasteiger charge is -2.28. The van der Waals surface area contributed by atoms with Crippen LogP contribution in [0.4, 0.5) is 5.69 Å². The number of rotatable bonds is 5. The third-order valence-corrected chi connectivity index (χ3v) is 7.40. The lowest BCUT2D eigenvalue weighted by atomic mass is 10.1. The van der Waals surface area contributed by atoms with Crippen LogP contribution in [0.25, 0.3) is 12.2 Å². The first-order valence-electron chi connectivity index (χ1n) is 10.4. The van der Waals surface area contributed by atoms with Crippen LogP contribution in [0.15, 0.2) is 94.2 Å². The minimum atomic E-state index is -3.97. The van der Waals surface area contributed by atoms with Crippen LogP contribution < -0.4 is 10.2 Å². The molecule has 36 heavy (non-hydrogen) atoms. The van der Waals surface area contributed by atoms with E-state index in [1.54, 1.807) is 72.8 Å². The van der Waals surface area contributed by atoms with Crippen LogP contribution >= 0.6 is 23.8 Å². The lowest BCUT2D eigenvalue weighted by molar-refractivity contribution is -0.122. The number of amides is 2. The van der Waals surface area contributed by atoms with Gasteiger partial charge in [-0.3, -0.25) is 19.8 Å². The molecular weight excluding hydrogens is 518 g/mol. The fourth-order valence-corrected chi connectivity index (χ4v) is 4.97. The molecular formula is C26H16ClN3O4S2. The number of allylic oxidation sites excluding steroid dienone is 1. The maximum Gasteiger partial charge on any atom is 0.270 e. The topological polar surface area (TPSA) is 107 Å². The van der Waals surface area contributed by atoms with Gasteiger partial charge in [-0.1, -0.05) is 54.1 Å². The summed E-state index contributed by atoms with van der Waals surface area (Å²) in [5.74, 6) is -1.24. The van der Waals surface area contributed by atoms with Crippen LogP contribution in [-0.2, 0) is 19.4 Å². The zero-order chi connectivity index (χ0) is 25.9. The number of nitrogens with zero attached hydrogens (tertiary/aromatic N) is 2. The number of halogens is 1. The molecule has 178 valence electrons. The fourth-order valence-electron chi connectivity index (χ4n) is 3.39. The highest BCUT2D eigenvalue weighted by Crippen LogP contribution is 2.25. The molecule has 7 nitrogen and oxygen atoms in total. The highest BCUT2D eigenvalue weighted by atomic mass is 35.5. The van der Waals surface area contributed by atoms with E-state index >= 15 is 0 Å². The van der Waals surface area contributed by atoms with E-state index in [4.69, 9.17) is 23.8 Å². The number of benzene rings is 3. The second-order valence-electron chi connectivity index (χ2n) is 7.54. The molecule has 1 aliphatic heterocycles. The van der Waals surface area contributed by atoms with Gasteiger partial charge in [-0.25, -0.2) is 8.42 Å². The average Bonchev–Trinajstić information content (AvgIpc) is 2.87. The number of sulfone groups is 1. The third-order valence-electron chi connectivity index (χ3n) is 5.18. The van der Waals surface area contributed by atoms with Crippen molar-refractivity contribution in [1.82, 2.24) is 5.32 Å². The van der Waals surface area contributed by atoms with Gasteiger partial charge in [-0.15, -0.1) is 0 Å². The molecule has 0 atom stereocenters. The summed E-state index contributed by atoms with van der Waals surface area (Å²) in [6.07, 6.45) is 2.67. The quantitative estimate of drug-likeness (QED) is 0.224. The Labute approximate surface area is 217 Å². The highest BCUT2D eigenvalue weighted by molar-refractivity contribution is 7.95. The Bertz CT molecular complexity index is 1570. The van der Waals surface area contributed by atoms with Gasteiger partial charge in [-0.05, 0) is 71.9 Å². The minimum Gasteiger partial charge on any atom is -0.298 e. The van der Waals surface area contributed by atoms with Crippen molar-refractivity contribution in [1.29, 1.82) is 5.26 Å². The third kappa shape index (κ3) is 5.11.